The first-order chi connectivity index (χ1) is 11.5. The second-order valence-corrected chi connectivity index (χ2v) is 7.08. The van der Waals surface area contributed by atoms with Crippen LogP contribution < -0.4 is 10.4 Å². The topological polar surface area (TPSA) is 52.2 Å². The Kier molecular flexibility index (Phi) is 3.78. The van der Waals surface area contributed by atoms with Gasteiger partial charge in [-0.05, 0) is 35.6 Å². The van der Waals surface area contributed by atoms with Crippen LogP contribution in [0.4, 0.5) is 5.69 Å². The summed E-state index contributed by atoms with van der Waals surface area (Å²) in [6.45, 7) is 0. The fourth-order valence-corrected chi connectivity index (χ4v) is 4.42. The highest BCUT2D eigenvalue weighted by Gasteiger charge is 2.39. The van der Waals surface area contributed by atoms with Crippen LogP contribution in [0.2, 0.25) is 10.0 Å². The molecule has 0 radical (unpaired) electrons. The molecule has 0 aromatic heterocycles. The third-order valence-electron chi connectivity index (χ3n) is 4.89. The van der Waals surface area contributed by atoms with E-state index in [9.17, 15) is 9.90 Å². The van der Waals surface area contributed by atoms with Crippen molar-refractivity contribution in [1.82, 2.24) is 0 Å². The molecule has 1 heterocycles. The summed E-state index contributed by atoms with van der Waals surface area (Å²) in [5, 5.41) is 15.8. The van der Waals surface area contributed by atoms with Crippen LogP contribution in [0.15, 0.2) is 48.6 Å². The molecule has 0 amide bonds. The molecule has 5 heteroatoms. The van der Waals surface area contributed by atoms with E-state index in [0.29, 0.717) is 16.0 Å². The first-order valence-electron chi connectivity index (χ1n) is 7.78. The normalized spacial score (nSPS) is 24.2. The smallest absolute Gasteiger partial charge is 0.0715 e. The fraction of sp³-hybridized carbons (Fsp3) is 0.211. The summed E-state index contributed by atoms with van der Waals surface area (Å²) < 4.78 is 0. The van der Waals surface area contributed by atoms with E-state index in [-0.39, 0.29) is 17.5 Å². The van der Waals surface area contributed by atoms with Gasteiger partial charge in [0.2, 0.25) is 0 Å². The van der Waals surface area contributed by atoms with Crippen LogP contribution in [0.25, 0.3) is 0 Å². The van der Waals surface area contributed by atoms with Crippen LogP contribution in [-0.4, -0.2) is 5.97 Å². The van der Waals surface area contributed by atoms with Gasteiger partial charge in [0.05, 0.1) is 12.0 Å². The zero-order valence-electron chi connectivity index (χ0n) is 12.6. The molecule has 1 N–H and O–H groups in total. The molecule has 4 rings (SSSR count). The molecular weight excluding hydrogens is 345 g/mol. The standard InChI is InChI=1S/C19H15Cl2NO2/c20-12-8-15(21)17-13-2-1-3-14(13)18(22-16(17)9-12)10-4-6-11(7-5-10)19(23)24/h1-2,4-9,13-14,18,22H,3H2,(H,23,24)/p-1/t13-,14+,18-/m0/s1. The summed E-state index contributed by atoms with van der Waals surface area (Å²) in [5.41, 5.74) is 3.25. The average molecular weight is 359 g/mol. The molecule has 0 unspecified atom stereocenters. The lowest BCUT2D eigenvalue weighted by Crippen LogP contribution is -2.29. The third-order valence-corrected chi connectivity index (χ3v) is 5.42. The van der Waals surface area contributed by atoms with Crippen molar-refractivity contribution in [2.45, 2.75) is 18.4 Å². The monoisotopic (exact) mass is 358 g/mol. The van der Waals surface area contributed by atoms with E-state index in [1.54, 1.807) is 18.2 Å². The van der Waals surface area contributed by atoms with E-state index in [4.69, 9.17) is 23.2 Å². The predicted octanol–water partition coefficient (Wildman–Crippen LogP) is 4.18. The number of aromatic carboxylic acids is 1. The van der Waals surface area contributed by atoms with Gasteiger partial charge < -0.3 is 15.2 Å². The van der Waals surface area contributed by atoms with Crippen LogP contribution in [-0.2, 0) is 0 Å². The molecule has 2 aromatic rings. The number of carbonyl (C=O) groups excluding carboxylic acids is 1. The molecule has 2 aromatic carbocycles. The maximum absolute atomic E-state index is 10.9. The lowest BCUT2D eigenvalue weighted by atomic mass is 9.77. The van der Waals surface area contributed by atoms with Crippen LogP contribution in [0.3, 0.4) is 0 Å². The van der Waals surface area contributed by atoms with Crippen molar-refractivity contribution >= 4 is 34.9 Å². The highest BCUT2D eigenvalue weighted by atomic mass is 35.5. The Hall–Kier alpha value is -1.97. The number of benzene rings is 2. The quantitative estimate of drug-likeness (QED) is 0.819. The second-order valence-electron chi connectivity index (χ2n) is 6.23. The number of nitrogens with one attached hydrogen (secondary N) is 1. The SMILES string of the molecule is O=C([O-])c1ccc([C@@H]2Nc3cc(Cl)cc(Cl)c3[C@H]3C=CC[C@H]32)cc1. The first kappa shape index (κ1) is 15.6. The number of carboxylic acid groups (broad SMARTS) is 1. The first-order valence-corrected chi connectivity index (χ1v) is 8.53. The second kappa shape index (κ2) is 5.83. The number of hydrogen-bond acceptors (Lipinski definition) is 3. The molecule has 1 aliphatic carbocycles. The lowest BCUT2D eigenvalue weighted by Gasteiger charge is -2.38. The summed E-state index contributed by atoms with van der Waals surface area (Å²) >= 11 is 12.6. The van der Waals surface area contributed by atoms with E-state index in [2.05, 4.69) is 17.5 Å². The Bertz CT molecular complexity index is 845. The molecule has 3 atom stereocenters. The van der Waals surface area contributed by atoms with Gasteiger partial charge in [-0.3, -0.25) is 0 Å². The average Bonchev–Trinajstić information content (AvgIpc) is 3.02. The minimum atomic E-state index is -1.16. The Morgan fingerprint density at radius 3 is 2.62 bits per heavy atom. The highest BCUT2D eigenvalue weighted by molar-refractivity contribution is 6.35. The number of carbonyl (C=O) groups is 1. The number of hydrogen-bond donors (Lipinski definition) is 1. The van der Waals surface area contributed by atoms with Gasteiger partial charge in [-0.2, -0.15) is 0 Å². The van der Waals surface area contributed by atoms with E-state index in [0.717, 1.165) is 23.2 Å². The molecule has 0 fully saturated rings. The molecule has 3 nitrogen and oxygen atoms in total. The van der Waals surface area contributed by atoms with Gasteiger partial charge in [0.1, 0.15) is 0 Å². The largest absolute Gasteiger partial charge is 0.545 e. The zero-order valence-corrected chi connectivity index (χ0v) is 14.1. The molecule has 0 bridgehead atoms. The third kappa shape index (κ3) is 2.48. The summed E-state index contributed by atoms with van der Waals surface area (Å²) in [6, 6.07) is 10.6. The zero-order chi connectivity index (χ0) is 16.8. The van der Waals surface area contributed by atoms with Crippen molar-refractivity contribution in [1.29, 1.82) is 0 Å². The van der Waals surface area contributed by atoms with Gasteiger partial charge in [0.25, 0.3) is 0 Å². The molecular formula is C19H14Cl2NO2-. The number of allylic oxidation sites excluding steroid dienone is 2. The molecule has 0 saturated heterocycles. The number of rotatable bonds is 2. The number of fused-ring (bicyclic) bond motifs is 3. The summed E-state index contributed by atoms with van der Waals surface area (Å²) in [7, 11) is 0. The summed E-state index contributed by atoms with van der Waals surface area (Å²) in [5.74, 6) is -0.593. The van der Waals surface area contributed by atoms with Gasteiger partial charge in [-0.15, -0.1) is 0 Å². The Morgan fingerprint density at radius 1 is 1.17 bits per heavy atom. The highest BCUT2D eigenvalue weighted by Crippen LogP contribution is 2.52. The van der Waals surface area contributed by atoms with Gasteiger partial charge >= 0.3 is 0 Å². The van der Waals surface area contributed by atoms with E-state index in [1.165, 1.54) is 0 Å². The number of anilines is 1. The summed E-state index contributed by atoms with van der Waals surface area (Å²) in [6.07, 6.45) is 5.33. The van der Waals surface area contributed by atoms with Gasteiger partial charge in [-0.25, -0.2) is 0 Å². The van der Waals surface area contributed by atoms with Crippen molar-refractivity contribution in [3.05, 3.63) is 75.3 Å². The molecule has 0 spiro atoms. The van der Waals surface area contributed by atoms with Crippen molar-refractivity contribution in [2.75, 3.05) is 5.32 Å². The van der Waals surface area contributed by atoms with Crippen molar-refractivity contribution in [3.63, 3.8) is 0 Å². The van der Waals surface area contributed by atoms with E-state index >= 15 is 0 Å². The van der Waals surface area contributed by atoms with Crippen molar-refractivity contribution in [2.24, 2.45) is 5.92 Å². The van der Waals surface area contributed by atoms with E-state index in [1.807, 2.05) is 18.2 Å². The Balaban J connectivity index is 1.76. The van der Waals surface area contributed by atoms with E-state index < -0.39 is 5.97 Å². The van der Waals surface area contributed by atoms with Gasteiger partial charge in [0.15, 0.2) is 0 Å². The van der Waals surface area contributed by atoms with Crippen molar-refractivity contribution in [3.8, 4) is 0 Å². The lowest BCUT2D eigenvalue weighted by molar-refractivity contribution is -0.255. The number of halogens is 2. The molecule has 24 heavy (non-hydrogen) atoms. The molecule has 122 valence electrons. The minimum Gasteiger partial charge on any atom is -0.545 e. The molecule has 1 aliphatic heterocycles. The fourth-order valence-electron chi connectivity index (χ4n) is 3.80. The minimum absolute atomic E-state index is 0.0721. The summed E-state index contributed by atoms with van der Waals surface area (Å²) in [4.78, 5) is 10.9. The molecule has 2 aliphatic rings. The van der Waals surface area contributed by atoms with Crippen LogP contribution >= 0.6 is 23.2 Å². The van der Waals surface area contributed by atoms with Gasteiger partial charge in [-0.1, -0.05) is 59.6 Å². The Morgan fingerprint density at radius 2 is 1.92 bits per heavy atom. The number of carboxylic acids is 1. The van der Waals surface area contributed by atoms with Gasteiger partial charge in [0, 0.05) is 27.2 Å². The van der Waals surface area contributed by atoms with Crippen LogP contribution in [0.1, 0.15) is 39.9 Å². The maximum atomic E-state index is 10.9. The maximum Gasteiger partial charge on any atom is 0.0715 e. The van der Waals surface area contributed by atoms with Crippen LogP contribution in [0.5, 0.6) is 0 Å². The van der Waals surface area contributed by atoms with Crippen LogP contribution in [0, 0.1) is 5.92 Å². The Labute approximate surface area is 149 Å². The van der Waals surface area contributed by atoms with Crippen molar-refractivity contribution < 1.29 is 9.90 Å². The predicted molar refractivity (Wildman–Crippen MR) is 93.6 cm³/mol. The molecule has 0 saturated carbocycles.